The van der Waals surface area contributed by atoms with Crippen molar-refractivity contribution in [1.82, 2.24) is 0 Å². The molecule has 0 saturated carbocycles. The third-order valence-corrected chi connectivity index (χ3v) is 2.59. The Morgan fingerprint density at radius 1 is 1.28 bits per heavy atom. The molecule has 0 amide bonds. The van der Waals surface area contributed by atoms with Crippen molar-refractivity contribution < 1.29 is 19.1 Å². The highest BCUT2D eigenvalue weighted by atomic mass is 35.5. The molecule has 1 rings (SSSR count). The van der Waals surface area contributed by atoms with Gasteiger partial charge in [0.15, 0.2) is 0 Å². The summed E-state index contributed by atoms with van der Waals surface area (Å²) in [6, 6.07) is 6.77. The Bertz CT molecular complexity index is 442. The van der Waals surface area contributed by atoms with Crippen LogP contribution in [-0.2, 0) is 14.3 Å². The SMILES string of the molecule is COC(=O)C(=O)C(Cl)c1cccc(OC(C)C)c1. The first-order chi connectivity index (χ1) is 8.45. The van der Waals surface area contributed by atoms with E-state index in [2.05, 4.69) is 4.74 Å². The molecule has 0 saturated heterocycles. The molecular formula is C13H15ClO4. The second kappa shape index (κ2) is 6.40. The first kappa shape index (κ1) is 14.5. The van der Waals surface area contributed by atoms with Gasteiger partial charge in [-0.2, -0.15) is 0 Å². The van der Waals surface area contributed by atoms with E-state index in [9.17, 15) is 9.59 Å². The minimum atomic E-state index is -1.06. The van der Waals surface area contributed by atoms with Gasteiger partial charge in [0.05, 0.1) is 13.2 Å². The fraction of sp³-hybridized carbons (Fsp3) is 0.385. The summed E-state index contributed by atoms with van der Waals surface area (Å²) >= 11 is 5.93. The van der Waals surface area contributed by atoms with Gasteiger partial charge in [-0.25, -0.2) is 4.79 Å². The summed E-state index contributed by atoms with van der Waals surface area (Å²) in [5.74, 6) is -1.14. The summed E-state index contributed by atoms with van der Waals surface area (Å²) in [5, 5.41) is -1.06. The number of ether oxygens (including phenoxy) is 2. The zero-order valence-corrected chi connectivity index (χ0v) is 11.2. The lowest BCUT2D eigenvalue weighted by molar-refractivity contribution is -0.151. The van der Waals surface area contributed by atoms with Crippen molar-refractivity contribution in [2.45, 2.75) is 25.3 Å². The number of ketones is 1. The van der Waals surface area contributed by atoms with Gasteiger partial charge in [0.1, 0.15) is 11.1 Å². The predicted molar refractivity (Wildman–Crippen MR) is 67.8 cm³/mol. The third-order valence-electron chi connectivity index (χ3n) is 2.14. The van der Waals surface area contributed by atoms with Crippen LogP contribution in [0.1, 0.15) is 24.8 Å². The number of alkyl halides is 1. The number of methoxy groups -OCH3 is 1. The van der Waals surface area contributed by atoms with Crippen LogP contribution >= 0.6 is 11.6 Å². The molecule has 0 aliphatic rings. The van der Waals surface area contributed by atoms with E-state index >= 15 is 0 Å². The maximum Gasteiger partial charge on any atom is 0.376 e. The van der Waals surface area contributed by atoms with Gasteiger partial charge >= 0.3 is 5.97 Å². The summed E-state index contributed by atoms with van der Waals surface area (Å²) in [4.78, 5) is 22.7. The molecule has 0 fully saturated rings. The monoisotopic (exact) mass is 270 g/mol. The molecule has 98 valence electrons. The number of hydrogen-bond donors (Lipinski definition) is 0. The summed E-state index contributed by atoms with van der Waals surface area (Å²) in [6.45, 7) is 3.79. The summed E-state index contributed by atoms with van der Waals surface area (Å²) < 4.78 is 9.83. The van der Waals surface area contributed by atoms with Gasteiger partial charge in [-0.3, -0.25) is 4.79 Å². The largest absolute Gasteiger partial charge is 0.491 e. The molecule has 1 aromatic rings. The molecule has 0 aliphatic heterocycles. The first-order valence-corrected chi connectivity index (χ1v) is 5.92. The minimum absolute atomic E-state index is 0.0188. The molecule has 0 spiro atoms. The summed E-state index contributed by atoms with van der Waals surface area (Å²) in [5.41, 5.74) is 0.505. The average molecular weight is 271 g/mol. The lowest BCUT2D eigenvalue weighted by atomic mass is 10.1. The van der Waals surface area contributed by atoms with Crippen LogP contribution < -0.4 is 4.74 Å². The van der Waals surface area contributed by atoms with Crippen LogP contribution in [0.25, 0.3) is 0 Å². The predicted octanol–water partition coefficient (Wildman–Crippen LogP) is 2.50. The van der Waals surface area contributed by atoms with E-state index in [4.69, 9.17) is 16.3 Å². The number of rotatable bonds is 5. The highest BCUT2D eigenvalue weighted by Crippen LogP contribution is 2.26. The number of carbonyl (C=O) groups is 2. The molecule has 1 aromatic carbocycles. The molecule has 0 radical (unpaired) electrons. The molecule has 5 heteroatoms. The van der Waals surface area contributed by atoms with Crippen LogP contribution in [0.15, 0.2) is 24.3 Å². The van der Waals surface area contributed by atoms with E-state index in [0.29, 0.717) is 11.3 Å². The van der Waals surface area contributed by atoms with Gasteiger partial charge < -0.3 is 9.47 Å². The smallest absolute Gasteiger partial charge is 0.376 e. The van der Waals surface area contributed by atoms with E-state index < -0.39 is 17.1 Å². The standard InChI is InChI=1S/C13H15ClO4/c1-8(2)18-10-6-4-5-9(7-10)11(14)12(15)13(16)17-3/h4-8,11H,1-3H3. The van der Waals surface area contributed by atoms with Gasteiger partial charge in [-0.1, -0.05) is 12.1 Å². The first-order valence-electron chi connectivity index (χ1n) is 5.48. The lowest BCUT2D eigenvalue weighted by Crippen LogP contribution is -2.20. The van der Waals surface area contributed by atoms with Crippen molar-refractivity contribution in [2.75, 3.05) is 7.11 Å². The number of halogens is 1. The molecular weight excluding hydrogens is 256 g/mol. The Morgan fingerprint density at radius 2 is 1.94 bits per heavy atom. The topological polar surface area (TPSA) is 52.6 Å². The lowest BCUT2D eigenvalue weighted by Gasteiger charge is -2.12. The molecule has 0 heterocycles. The van der Waals surface area contributed by atoms with E-state index in [1.807, 2.05) is 13.8 Å². The highest BCUT2D eigenvalue weighted by molar-refractivity contribution is 6.47. The van der Waals surface area contributed by atoms with E-state index in [1.165, 1.54) is 0 Å². The Balaban J connectivity index is 2.89. The molecule has 0 N–H and O–H groups in total. The van der Waals surface area contributed by atoms with Crippen molar-refractivity contribution in [2.24, 2.45) is 0 Å². The maximum atomic E-state index is 11.6. The Labute approximate surface area is 111 Å². The van der Waals surface area contributed by atoms with Gasteiger partial charge in [0.2, 0.25) is 0 Å². The summed E-state index contributed by atoms with van der Waals surface area (Å²) in [7, 11) is 1.14. The van der Waals surface area contributed by atoms with Crippen molar-refractivity contribution in [3.8, 4) is 5.75 Å². The quantitative estimate of drug-likeness (QED) is 0.469. The fourth-order valence-electron chi connectivity index (χ4n) is 1.37. The summed E-state index contributed by atoms with van der Waals surface area (Å²) in [6.07, 6.45) is 0.0188. The van der Waals surface area contributed by atoms with Gasteiger partial charge in [0.25, 0.3) is 5.78 Å². The van der Waals surface area contributed by atoms with Gasteiger partial charge in [-0.05, 0) is 31.5 Å². The molecule has 0 aromatic heterocycles. The van der Waals surface area contributed by atoms with Gasteiger partial charge in [0, 0.05) is 0 Å². The highest BCUT2D eigenvalue weighted by Gasteiger charge is 2.25. The van der Waals surface area contributed by atoms with Crippen molar-refractivity contribution in [3.63, 3.8) is 0 Å². The number of hydrogen-bond acceptors (Lipinski definition) is 4. The Morgan fingerprint density at radius 3 is 2.50 bits per heavy atom. The number of carbonyl (C=O) groups excluding carboxylic acids is 2. The van der Waals surface area contributed by atoms with Crippen molar-refractivity contribution in [3.05, 3.63) is 29.8 Å². The Hall–Kier alpha value is -1.55. The number of benzene rings is 1. The minimum Gasteiger partial charge on any atom is -0.491 e. The molecule has 0 aliphatic carbocycles. The average Bonchev–Trinajstić information content (AvgIpc) is 2.35. The third kappa shape index (κ3) is 3.74. The van der Waals surface area contributed by atoms with Crippen LogP contribution in [0.5, 0.6) is 5.75 Å². The van der Waals surface area contributed by atoms with Crippen LogP contribution in [0.2, 0.25) is 0 Å². The molecule has 0 bridgehead atoms. The zero-order chi connectivity index (χ0) is 13.7. The number of esters is 1. The maximum absolute atomic E-state index is 11.6. The van der Waals surface area contributed by atoms with E-state index in [-0.39, 0.29) is 6.10 Å². The van der Waals surface area contributed by atoms with Crippen LogP contribution in [0, 0.1) is 0 Å². The molecule has 4 nitrogen and oxygen atoms in total. The van der Waals surface area contributed by atoms with E-state index in [0.717, 1.165) is 7.11 Å². The molecule has 1 atom stereocenters. The normalized spacial score (nSPS) is 12.1. The van der Waals surface area contributed by atoms with Crippen LogP contribution in [0.3, 0.4) is 0 Å². The molecule has 1 unspecified atom stereocenters. The van der Waals surface area contributed by atoms with Crippen LogP contribution in [-0.4, -0.2) is 25.0 Å². The van der Waals surface area contributed by atoms with Crippen molar-refractivity contribution in [1.29, 1.82) is 0 Å². The zero-order valence-electron chi connectivity index (χ0n) is 10.5. The van der Waals surface area contributed by atoms with Crippen LogP contribution in [0.4, 0.5) is 0 Å². The fourth-order valence-corrected chi connectivity index (χ4v) is 1.60. The number of Topliss-reactive ketones (excluding diaryl/α,β-unsaturated/α-hetero) is 1. The Kier molecular flexibility index (Phi) is 5.16. The second-order valence-electron chi connectivity index (χ2n) is 3.96. The second-order valence-corrected chi connectivity index (χ2v) is 4.39. The van der Waals surface area contributed by atoms with E-state index in [1.54, 1.807) is 24.3 Å². The van der Waals surface area contributed by atoms with Gasteiger partial charge in [-0.15, -0.1) is 11.6 Å². The molecule has 18 heavy (non-hydrogen) atoms. The van der Waals surface area contributed by atoms with Crippen molar-refractivity contribution >= 4 is 23.4 Å².